The minimum absolute atomic E-state index is 0.0582. The van der Waals surface area contributed by atoms with Gasteiger partial charge in [-0.2, -0.15) is 0 Å². The van der Waals surface area contributed by atoms with Crippen molar-refractivity contribution in [3.63, 3.8) is 0 Å². The van der Waals surface area contributed by atoms with E-state index in [1.54, 1.807) is 0 Å². The van der Waals surface area contributed by atoms with Gasteiger partial charge in [0.15, 0.2) is 6.10 Å². The summed E-state index contributed by atoms with van der Waals surface area (Å²) in [5, 5.41) is 16.2. The number of hydrogen-bond acceptors (Lipinski definition) is 6. The van der Waals surface area contributed by atoms with Gasteiger partial charge >= 0.3 is 5.97 Å². The largest absolute Gasteiger partial charge is 0.449 e. The number of anilines is 2. The summed E-state index contributed by atoms with van der Waals surface area (Å²) in [6.45, 7) is 1.35. The van der Waals surface area contributed by atoms with Gasteiger partial charge in [-0.05, 0) is 43.3 Å². The highest BCUT2D eigenvalue weighted by molar-refractivity contribution is 5.97. The maximum absolute atomic E-state index is 12.9. The number of ether oxygens (including phenoxy) is 1. The van der Waals surface area contributed by atoms with Crippen molar-refractivity contribution in [3.8, 4) is 0 Å². The molecule has 8 nitrogen and oxygen atoms in total. The molecule has 0 heterocycles. The Morgan fingerprint density at radius 1 is 1.19 bits per heavy atom. The van der Waals surface area contributed by atoms with Gasteiger partial charge in [-0.25, -0.2) is 9.18 Å². The van der Waals surface area contributed by atoms with Gasteiger partial charge in [-0.3, -0.25) is 14.9 Å². The molecular formula is C17H16FN3O5. The second kappa shape index (κ2) is 8.06. The van der Waals surface area contributed by atoms with E-state index in [2.05, 4.69) is 10.6 Å². The fourth-order valence-electron chi connectivity index (χ4n) is 2.08. The molecule has 0 bridgehead atoms. The van der Waals surface area contributed by atoms with Gasteiger partial charge in [0.2, 0.25) is 0 Å². The molecule has 0 saturated heterocycles. The van der Waals surface area contributed by atoms with Crippen LogP contribution in [0.1, 0.15) is 17.3 Å². The molecule has 9 heteroatoms. The molecule has 2 aromatic rings. The van der Waals surface area contributed by atoms with Crippen LogP contribution < -0.4 is 10.6 Å². The lowest BCUT2D eigenvalue weighted by atomic mass is 10.1. The Kier molecular flexibility index (Phi) is 5.84. The molecule has 2 N–H and O–H groups in total. The Morgan fingerprint density at radius 2 is 1.85 bits per heavy atom. The van der Waals surface area contributed by atoms with Crippen LogP contribution in [-0.2, 0) is 9.53 Å². The lowest BCUT2D eigenvalue weighted by Crippen LogP contribution is -2.30. The molecule has 2 rings (SSSR count). The van der Waals surface area contributed by atoms with E-state index in [9.17, 15) is 24.1 Å². The average molecular weight is 361 g/mol. The van der Waals surface area contributed by atoms with Crippen LogP contribution in [-0.4, -0.2) is 30.0 Å². The fraction of sp³-hybridized carbons (Fsp3) is 0.176. The van der Waals surface area contributed by atoms with E-state index in [1.165, 1.54) is 50.4 Å². The third-order valence-electron chi connectivity index (χ3n) is 3.46. The van der Waals surface area contributed by atoms with Crippen LogP contribution >= 0.6 is 0 Å². The predicted molar refractivity (Wildman–Crippen MR) is 92.6 cm³/mol. The highest BCUT2D eigenvalue weighted by atomic mass is 19.1. The minimum Gasteiger partial charge on any atom is -0.449 e. The van der Waals surface area contributed by atoms with Gasteiger partial charge in [-0.15, -0.1) is 0 Å². The molecule has 0 radical (unpaired) electrons. The van der Waals surface area contributed by atoms with Crippen LogP contribution in [0.15, 0.2) is 42.5 Å². The Labute approximate surface area is 148 Å². The van der Waals surface area contributed by atoms with Gasteiger partial charge < -0.3 is 15.4 Å². The molecule has 0 spiro atoms. The van der Waals surface area contributed by atoms with Crippen molar-refractivity contribution in [2.45, 2.75) is 13.0 Å². The Bertz CT molecular complexity index is 839. The van der Waals surface area contributed by atoms with Crippen molar-refractivity contribution in [1.82, 2.24) is 0 Å². The Morgan fingerprint density at radius 3 is 2.42 bits per heavy atom. The molecule has 1 atom stereocenters. The van der Waals surface area contributed by atoms with Gasteiger partial charge in [-0.1, -0.05) is 0 Å². The number of benzene rings is 2. The van der Waals surface area contributed by atoms with Crippen molar-refractivity contribution < 1.29 is 23.6 Å². The Hall–Kier alpha value is -3.49. The molecule has 0 fully saturated rings. The summed E-state index contributed by atoms with van der Waals surface area (Å²) in [6.07, 6.45) is -1.16. The quantitative estimate of drug-likeness (QED) is 0.465. The number of carbonyl (C=O) groups excluding carboxylic acids is 2. The standard InChI is InChI=1S/C17H16FN3O5/c1-10(16(22)20-13-6-4-12(18)5-7-13)26-17(23)11-3-8-14(19-2)15(9-11)21(24)25/h3-10,19H,1-2H3,(H,20,22)/t10-/m0/s1. The molecule has 2 aromatic carbocycles. The number of rotatable bonds is 6. The summed E-state index contributed by atoms with van der Waals surface area (Å²) in [5.74, 6) is -1.95. The molecular weight excluding hydrogens is 345 g/mol. The Balaban J connectivity index is 2.06. The lowest BCUT2D eigenvalue weighted by molar-refractivity contribution is -0.384. The summed E-state index contributed by atoms with van der Waals surface area (Å²) >= 11 is 0. The van der Waals surface area contributed by atoms with Gasteiger partial charge in [0.1, 0.15) is 11.5 Å². The number of esters is 1. The first kappa shape index (κ1) is 18.8. The third-order valence-corrected chi connectivity index (χ3v) is 3.46. The van der Waals surface area contributed by atoms with E-state index < -0.39 is 28.7 Å². The number of nitrogens with zero attached hydrogens (tertiary/aromatic N) is 1. The summed E-state index contributed by atoms with van der Waals surface area (Å²) in [5.41, 5.74) is 0.240. The number of hydrogen-bond donors (Lipinski definition) is 2. The first-order chi connectivity index (χ1) is 12.3. The molecule has 136 valence electrons. The first-order valence-corrected chi connectivity index (χ1v) is 7.55. The SMILES string of the molecule is CNc1ccc(C(=O)O[C@@H](C)C(=O)Nc2ccc(F)cc2)cc1[N+](=O)[O-]. The second-order valence-electron chi connectivity index (χ2n) is 5.28. The predicted octanol–water partition coefficient (Wildman–Crippen LogP) is 2.96. The van der Waals surface area contributed by atoms with Crippen LogP contribution in [0.25, 0.3) is 0 Å². The van der Waals surface area contributed by atoms with Gasteiger partial charge in [0, 0.05) is 18.8 Å². The maximum Gasteiger partial charge on any atom is 0.339 e. The number of amides is 1. The zero-order valence-electron chi connectivity index (χ0n) is 14.0. The van der Waals surface area contributed by atoms with E-state index in [0.29, 0.717) is 5.69 Å². The maximum atomic E-state index is 12.9. The van der Waals surface area contributed by atoms with Crippen LogP contribution in [0.3, 0.4) is 0 Å². The number of nitrogens with one attached hydrogen (secondary N) is 2. The molecule has 0 aliphatic heterocycles. The van der Waals surface area contributed by atoms with Crippen molar-refractivity contribution >= 4 is 28.9 Å². The third kappa shape index (κ3) is 4.53. The highest BCUT2D eigenvalue weighted by Gasteiger charge is 2.22. The summed E-state index contributed by atoms with van der Waals surface area (Å²) in [7, 11) is 1.52. The molecule has 0 saturated carbocycles. The minimum atomic E-state index is -1.16. The van der Waals surface area contributed by atoms with E-state index in [-0.39, 0.29) is 16.9 Å². The van der Waals surface area contributed by atoms with Crippen LogP contribution in [0.5, 0.6) is 0 Å². The van der Waals surface area contributed by atoms with Crippen LogP contribution in [0.2, 0.25) is 0 Å². The average Bonchev–Trinajstić information content (AvgIpc) is 2.62. The first-order valence-electron chi connectivity index (χ1n) is 7.55. The van der Waals surface area contributed by atoms with Crippen molar-refractivity contribution in [2.24, 2.45) is 0 Å². The normalized spacial score (nSPS) is 11.3. The molecule has 0 aromatic heterocycles. The molecule has 26 heavy (non-hydrogen) atoms. The van der Waals surface area contributed by atoms with E-state index in [4.69, 9.17) is 4.74 Å². The van der Waals surface area contributed by atoms with Crippen LogP contribution in [0, 0.1) is 15.9 Å². The number of nitro groups is 1. The smallest absolute Gasteiger partial charge is 0.339 e. The van der Waals surface area contributed by atoms with E-state index in [1.807, 2.05) is 0 Å². The summed E-state index contributed by atoms with van der Waals surface area (Å²) in [4.78, 5) is 34.6. The van der Waals surface area contributed by atoms with Crippen LogP contribution in [0.4, 0.5) is 21.5 Å². The van der Waals surface area contributed by atoms with Gasteiger partial charge in [0.05, 0.1) is 10.5 Å². The van der Waals surface area contributed by atoms with Crippen molar-refractivity contribution in [1.29, 1.82) is 0 Å². The zero-order chi connectivity index (χ0) is 19.3. The molecule has 0 aliphatic rings. The molecule has 0 aliphatic carbocycles. The zero-order valence-corrected chi connectivity index (χ0v) is 14.0. The molecule has 0 unspecified atom stereocenters. The topological polar surface area (TPSA) is 111 Å². The van der Waals surface area contributed by atoms with Crippen molar-refractivity contribution in [3.05, 3.63) is 64.0 Å². The number of carbonyl (C=O) groups is 2. The fourth-order valence-corrected chi connectivity index (χ4v) is 2.08. The second-order valence-corrected chi connectivity index (χ2v) is 5.28. The monoisotopic (exact) mass is 361 g/mol. The van der Waals surface area contributed by atoms with E-state index in [0.717, 1.165) is 6.07 Å². The number of nitro benzene ring substituents is 1. The highest BCUT2D eigenvalue weighted by Crippen LogP contribution is 2.25. The number of halogens is 1. The summed E-state index contributed by atoms with van der Waals surface area (Å²) < 4.78 is 17.9. The van der Waals surface area contributed by atoms with E-state index >= 15 is 0 Å². The summed E-state index contributed by atoms with van der Waals surface area (Å²) in [6, 6.07) is 8.87. The lowest BCUT2D eigenvalue weighted by Gasteiger charge is -2.14. The van der Waals surface area contributed by atoms with Gasteiger partial charge in [0.25, 0.3) is 11.6 Å². The van der Waals surface area contributed by atoms with Crippen molar-refractivity contribution in [2.75, 3.05) is 17.7 Å². The molecule has 1 amide bonds.